The third-order valence-corrected chi connectivity index (χ3v) is 3.55. The van der Waals surface area contributed by atoms with Crippen LogP contribution in [0.15, 0.2) is 53.0 Å². The molecule has 0 bridgehead atoms. The Kier molecular flexibility index (Phi) is 2.92. The maximum atomic E-state index is 4.72. The molecule has 0 fully saturated rings. The van der Waals surface area contributed by atoms with Gasteiger partial charge < -0.3 is 0 Å². The summed E-state index contributed by atoms with van der Waals surface area (Å²) < 4.78 is 3.09. The summed E-state index contributed by atoms with van der Waals surface area (Å²) in [7, 11) is 0. The quantitative estimate of drug-likeness (QED) is 0.688. The predicted molar refractivity (Wildman–Crippen MR) is 78.1 cm³/mol. The fourth-order valence-electron chi connectivity index (χ4n) is 2.18. The average molecular weight is 301 g/mol. The molecular weight excluding hydrogens is 288 g/mol. The molecule has 0 atom stereocenters. The molecule has 0 radical (unpaired) electrons. The van der Waals surface area contributed by atoms with Crippen LogP contribution < -0.4 is 0 Å². The molecule has 0 aliphatic carbocycles. The van der Waals surface area contributed by atoms with Crippen molar-refractivity contribution in [3.05, 3.63) is 58.7 Å². The number of para-hydroxylation sites is 1. The van der Waals surface area contributed by atoms with E-state index in [0.717, 1.165) is 27.8 Å². The first-order chi connectivity index (χ1) is 8.79. The molecule has 2 aromatic carbocycles. The van der Waals surface area contributed by atoms with Crippen molar-refractivity contribution in [2.75, 3.05) is 0 Å². The van der Waals surface area contributed by atoms with Gasteiger partial charge in [-0.2, -0.15) is 5.10 Å². The van der Waals surface area contributed by atoms with Gasteiger partial charge in [0.05, 0.1) is 16.9 Å². The number of hydrogen-bond acceptors (Lipinski definition) is 1. The smallest absolute Gasteiger partial charge is 0.0755 e. The summed E-state index contributed by atoms with van der Waals surface area (Å²) in [6.07, 6.45) is 0.942. The first-order valence-corrected chi connectivity index (χ1v) is 6.81. The van der Waals surface area contributed by atoms with E-state index in [2.05, 4.69) is 53.2 Å². The minimum absolute atomic E-state index is 0.942. The van der Waals surface area contributed by atoms with Gasteiger partial charge in [0.1, 0.15) is 0 Å². The number of aryl methyl sites for hydroxylation is 1. The Bertz CT molecular complexity index is 686. The van der Waals surface area contributed by atoms with Crippen molar-refractivity contribution < 1.29 is 0 Å². The van der Waals surface area contributed by atoms with Crippen molar-refractivity contribution in [3.8, 4) is 5.69 Å². The van der Waals surface area contributed by atoms with Crippen LogP contribution >= 0.6 is 15.9 Å². The van der Waals surface area contributed by atoms with E-state index < -0.39 is 0 Å². The van der Waals surface area contributed by atoms with E-state index in [9.17, 15) is 0 Å². The van der Waals surface area contributed by atoms with Crippen molar-refractivity contribution in [1.82, 2.24) is 9.78 Å². The number of aromatic nitrogens is 2. The molecule has 0 spiro atoms. The van der Waals surface area contributed by atoms with Crippen molar-refractivity contribution in [3.63, 3.8) is 0 Å². The van der Waals surface area contributed by atoms with Crippen LogP contribution in [0.1, 0.15) is 12.6 Å². The lowest BCUT2D eigenvalue weighted by Crippen LogP contribution is -1.96. The predicted octanol–water partition coefficient (Wildman–Crippen LogP) is 4.35. The lowest BCUT2D eigenvalue weighted by Gasteiger charge is -2.02. The molecular formula is C15H13BrN2. The molecule has 0 unspecified atom stereocenters. The van der Waals surface area contributed by atoms with Crippen molar-refractivity contribution in [2.45, 2.75) is 13.3 Å². The topological polar surface area (TPSA) is 17.8 Å². The lowest BCUT2D eigenvalue weighted by molar-refractivity contribution is 0.863. The summed E-state index contributed by atoms with van der Waals surface area (Å²) in [6, 6.07) is 16.6. The van der Waals surface area contributed by atoms with E-state index in [1.165, 1.54) is 5.39 Å². The minimum atomic E-state index is 0.942. The molecule has 0 saturated carbocycles. The van der Waals surface area contributed by atoms with Crippen LogP contribution in [-0.4, -0.2) is 9.78 Å². The Morgan fingerprint density at radius 1 is 1.11 bits per heavy atom. The second kappa shape index (κ2) is 4.58. The Labute approximate surface area is 114 Å². The van der Waals surface area contributed by atoms with Crippen LogP contribution in [0.4, 0.5) is 0 Å². The summed E-state index contributed by atoms with van der Waals surface area (Å²) >= 11 is 3.53. The Balaban J connectivity index is 2.32. The second-order valence-electron chi connectivity index (χ2n) is 4.21. The van der Waals surface area contributed by atoms with Crippen LogP contribution in [-0.2, 0) is 6.42 Å². The molecule has 1 heterocycles. The SMILES string of the molecule is CCc1nn(-c2ccccc2)c2cc(Br)ccc12. The Morgan fingerprint density at radius 3 is 2.61 bits per heavy atom. The number of hydrogen-bond donors (Lipinski definition) is 0. The second-order valence-corrected chi connectivity index (χ2v) is 5.12. The van der Waals surface area contributed by atoms with Gasteiger partial charge in [0.15, 0.2) is 0 Å². The fraction of sp³-hybridized carbons (Fsp3) is 0.133. The highest BCUT2D eigenvalue weighted by molar-refractivity contribution is 9.10. The highest BCUT2D eigenvalue weighted by Gasteiger charge is 2.10. The number of nitrogens with zero attached hydrogens (tertiary/aromatic N) is 2. The zero-order valence-electron chi connectivity index (χ0n) is 10.1. The molecule has 90 valence electrons. The molecule has 3 rings (SSSR count). The van der Waals surface area contributed by atoms with Crippen LogP contribution in [0.3, 0.4) is 0 Å². The van der Waals surface area contributed by atoms with Crippen LogP contribution in [0.5, 0.6) is 0 Å². The zero-order valence-corrected chi connectivity index (χ0v) is 11.7. The maximum absolute atomic E-state index is 4.72. The normalized spacial score (nSPS) is 11.0. The van der Waals surface area contributed by atoms with E-state index in [1.54, 1.807) is 0 Å². The third-order valence-electron chi connectivity index (χ3n) is 3.06. The van der Waals surface area contributed by atoms with Crippen molar-refractivity contribution in [2.24, 2.45) is 0 Å². The van der Waals surface area contributed by atoms with Crippen LogP contribution in [0, 0.1) is 0 Å². The van der Waals surface area contributed by atoms with Crippen LogP contribution in [0.25, 0.3) is 16.6 Å². The highest BCUT2D eigenvalue weighted by Crippen LogP contribution is 2.25. The Hall–Kier alpha value is -1.61. The van der Waals surface area contributed by atoms with Crippen molar-refractivity contribution >= 4 is 26.8 Å². The fourth-order valence-corrected chi connectivity index (χ4v) is 2.53. The largest absolute Gasteiger partial charge is 0.233 e. The van der Waals surface area contributed by atoms with Gasteiger partial charge in [0.25, 0.3) is 0 Å². The molecule has 0 amide bonds. The van der Waals surface area contributed by atoms with Gasteiger partial charge in [0.2, 0.25) is 0 Å². The first-order valence-electron chi connectivity index (χ1n) is 6.02. The summed E-state index contributed by atoms with van der Waals surface area (Å²) in [4.78, 5) is 0. The van der Waals surface area contributed by atoms with Gasteiger partial charge >= 0.3 is 0 Å². The number of halogens is 1. The summed E-state index contributed by atoms with van der Waals surface area (Å²) in [5, 5.41) is 5.94. The van der Waals surface area contributed by atoms with Gasteiger partial charge in [-0.25, -0.2) is 4.68 Å². The van der Waals surface area contributed by atoms with Gasteiger partial charge in [-0.15, -0.1) is 0 Å². The van der Waals surface area contributed by atoms with Gasteiger partial charge in [-0.3, -0.25) is 0 Å². The summed E-state index contributed by atoms with van der Waals surface area (Å²) in [5.74, 6) is 0. The van der Waals surface area contributed by atoms with Crippen molar-refractivity contribution in [1.29, 1.82) is 0 Å². The van der Waals surface area contributed by atoms with Gasteiger partial charge in [-0.05, 0) is 36.8 Å². The molecule has 3 aromatic rings. The van der Waals surface area contributed by atoms with E-state index in [4.69, 9.17) is 5.10 Å². The third kappa shape index (κ3) is 1.85. The molecule has 0 aliphatic rings. The zero-order chi connectivity index (χ0) is 12.5. The summed E-state index contributed by atoms with van der Waals surface area (Å²) in [5.41, 5.74) is 3.38. The number of benzene rings is 2. The summed E-state index contributed by atoms with van der Waals surface area (Å²) in [6.45, 7) is 2.14. The Morgan fingerprint density at radius 2 is 1.89 bits per heavy atom. The standard InChI is InChI=1S/C15H13BrN2/c1-2-14-13-9-8-11(16)10-15(13)18(17-14)12-6-4-3-5-7-12/h3-10H,2H2,1H3. The molecule has 3 heteroatoms. The molecule has 0 aliphatic heterocycles. The number of fused-ring (bicyclic) bond motifs is 1. The average Bonchev–Trinajstić information content (AvgIpc) is 2.77. The molecule has 0 saturated heterocycles. The van der Waals surface area contributed by atoms with E-state index in [1.807, 2.05) is 22.9 Å². The van der Waals surface area contributed by atoms with E-state index >= 15 is 0 Å². The molecule has 2 nitrogen and oxygen atoms in total. The minimum Gasteiger partial charge on any atom is -0.233 e. The van der Waals surface area contributed by atoms with Gasteiger partial charge in [-0.1, -0.05) is 41.1 Å². The maximum Gasteiger partial charge on any atom is 0.0755 e. The van der Waals surface area contributed by atoms with Crippen LogP contribution in [0.2, 0.25) is 0 Å². The lowest BCUT2D eigenvalue weighted by atomic mass is 10.2. The molecule has 0 N–H and O–H groups in total. The van der Waals surface area contributed by atoms with E-state index in [0.29, 0.717) is 0 Å². The first kappa shape index (κ1) is 11.5. The van der Waals surface area contributed by atoms with Gasteiger partial charge in [0, 0.05) is 9.86 Å². The monoisotopic (exact) mass is 300 g/mol. The highest BCUT2D eigenvalue weighted by atomic mass is 79.9. The number of rotatable bonds is 2. The molecule has 1 aromatic heterocycles. The molecule has 18 heavy (non-hydrogen) atoms. The van der Waals surface area contributed by atoms with E-state index in [-0.39, 0.29) is 0 Å².